The maximum Gasteiger partial charge on any atom is 0.0718 e. The SMILES string of the molecule is CC(C(N)Cc1nn(C)c2ccccc12)C1CC1. The number of fused-ring (bicyclic) bond motifs is 1. The zero-order valence-electron chi connectivity index (χ0n) is 11.1. The zero-order chi connectivity index (χ0) is 12.7. The average Bonchev–Trinajstić information content (AvgIpc) is 3.17. The molecule has 0 aliphatic heterocycles. The predicted octanol–water partition coefficient (Wildman–Crippen LogP) is 2.49. The normalized spacial score (nSPS) is 19.1. The summed E-state index contributed by atoms with van der Waals surface area (Å²) in [4.78, 5) is 0. The molecule has 2 unspecified atom stereocenters. The standard InChI is InChI=1S/C15H21N3/c1-10(11-7-8-11)13(16)9-14-12-5-3-4-6-15(12)18(2)17-14/h3-6,10-11,13H,7-9,16H2,1-2H3. The van der Waals surface area contributed by atoms with Crippen molar-refractivity contribution in [2.24, 2.45) is 24.6 Å². The maximum atomic E-state index is 6.34. The molecule has 1 heterocycles. The van der Waals surface area contributed by atoms with Crippen molar-refractivity contribution in [3.8, 4) is 0 Å². The van der Waals surface area contributed by atoms with Gasteiger partial charge in [0.1, 0.15) is 0 Å². The topological polar surface area (TPSA) is 43.8 Å². The number of nitrogens with two attached hydrogens (primary N) is 1. The Kier molecular flexibility index (Phi) is 2.86. The summed E-state index contributed by atoms with van der Waals surface area (Å²) in [6.07, 6.45) is 3.61. The Bertz CT molecular complexity index is 554. The first kappa shape index (κ1) is 11.7. The molecule has 0 amide bonds. The van der Waals surface area contributed by atoms with Crippen molar-refractivity contribution in [2.75, 3.05) is 0 Å². The molecule has 1 fully saturated rings. The van der Waals surface area contributed by atoms with Crippen LogP contribution >= 0.6 is 0 Å². The van der Waals surface area contributed by atoms with Gasteiger partial charge in [-0.15, -0.1) is 0 Å². The minimum Gasteiger partial charge on any atom is -0.327 e. The van der Waals surface area contributed by atoms with Crippen molar-refractivity contribution >= 4 is 10.9 Å². The first-order valence-electron chi connectivity index (χ1n) is 6.83. The second-order valence-electron chi connectivity index (χ2n) is 5.65. The highest BCUT2D eigenvalue weighted by molar-refractivity contribution is 5.81. The van der Waals surface area contributed by atoms with Crippen LogP contribution in [0, 0.1) is 11.8 Å². The summed E-state index contributed by atoms with van der Waals surface area (Å²) in [6, 6.07) is 8.62. The highest BCUT2D eigenvalue weighted by atomic mass is 15.3. The molecule has 2 aromatic rings. The van der Waals surface area contributed by atoms with Crippen LogP contribution < -0.4 is 5.73 Å². The number of benzene rings is 1. The molecule has 0 saturated heterocycles. The van der Waals surface area contributed by atoms with E-state index in [1.165, 1.54) is 23.7 Å². The Balaban J connectivity index is 1.85. The van der Waals surface area contributed by atoms with E-state index in [1.54, 1.807) is 0 Å². The average molecular weight is 243 g/mol. The maximum absolute atomic E-state index is 6.34. The molecular formula is C15H21N3. The Morgan fingerprint density at radius 2 is 2.11 bits per heavy atom. The van der Waals surface area contributed by atoms with E-state index >= 15 is 0 Å². The molecule has 0 spiro atoms. The minimum atomic E-state index is 0.232. The van der Waals surface area contributed by atoms with Crippen LogP contribution in [0.25, 0.3) is 10.9 Å². The van der Waals surface area contributed by atoms with Gasteiger partial charge in [-0.05, 0) is 30.7 Å². The Labute approximate surface area is 108 Å². The quantitative estimate of drug-likeness (QED) is 0.896. The predicted molar refractivity (Wildman–Crippen MR) is 74.3 cm³/mol. The molecule has 3 rings (SSSR count). The fraction of sp³-hybridized carbons (Fsp3) is 0.533. The summed E-state index contributed by atoms with van der Waals surface area (Å²) in [5.74, 6) is 1.47. The van der Waals surface area contributed by atoms with Gasteiger partial charge in [-0.25, -0.2) is 0 Å². The highest BCUT2D eigenvalue weighted by Gasteiger charge is 2.32. The van der Waals surface area contributed by atoms with Crippen LogP contribution in [0.2, 0.25) is 0 Å². The Morgan fingerprint density at radius 3 is 2.83 bits per heavy atom. The van der Waals surface area contributed by atoms with Crippen LogP contribution in [-0.2, 0) is 13.5 Å². The summed E-state index contributed by atoms with van der Waals surface area (Å²) < 4.78 is 1.96. The van der Waals surface area contributed by atoms with Crippen LogP contribution in [0.3, 0.4) is 0 Å². The van der Waals surface area contributed by atoms with E-state index in [9.17, 15) is 0 Å². The minimum absolute atomic E-state index is 0.232. The number of para-hydroxylation sites is 1. The van der Waals surface area contributed by atoms with Gasteiger partial charge in [-0.1, -0.05) is 25.1 Å². The number of nitrogens with zero attached hydrogens (tertiary/aromatic N) is 2. The van der Waals surface area contributed by atoms with E-state index in [0.29, 0.717) is 5.92 Å². The zero-order valence-corrected chi connectivity index (χ0v) is 11.1. The highest BCUT2D eigenvalue weighted by Crippen LogP contribution is 2.38. The van der Waals surface area contributed by atoms with Gasteiger partial charge in [-0.3, -0.25) is 4.68 Å². The monoisotopic (exact) mass is 243 g/mol. The van der Waals surface area contributed by atoms with Crippen LogP contribution in [-0.4, -0.2) is 15.8 Å². The van der Waals surface area contributed by atoms with Gasteiger partial charge in [0.2, 0.25) is 0 Å². The number of aryl methyl sites for hydroxylation is 1. The first-order chi connectivity index (χ1) is 8.66. The molecule has 3 heteroatoms. The molecule has 2 atom stereocenters. The van der Waals surface area contributed by atoms with Crippen LogP contribution in [0.4, 0.5) is 0 Å². The molecule has 96 valence electrons. The molecule has 1 aliphatic carbocycles. The smallest absolute Gasteiger partial charge is 0.0718 e. The third-order valence-corrected chi connectivity index (χ3v) is 4.30. The molecule has 0 radical (unpaired) electrons. The van der Waals surface area contributed by atoms with Gasteiger partial charge in [-0.2, -0.15) is 5.10 Å². The number of rotatable bonds is 4. The third kappa shape index (κ3) is 2.03. The van der Waals surface area contributed by atoms with E-state index in [4.69, 9.17) is 5.73 Å². The van der Waals surface area contributed by atoms with Crippen molar-refractivity contribution in [3.05, 3.63) is 30.0 Å². The van der Waals surface area contributed by atoms with Crippen molar-refractivity contribution in [2.45, 2.75) is 32.2 Å². The van der Waals surface area contributed by atoms with E-state index < -0.39 is 0 Å². The largest absolute Gasteiger partial charge is 0.327 e. The van der Waals surface area contributed by atoms with Gasteiger partial charge < -0.3 is 5.73 Å². The number of aromatic nitrogens is 2. The second-order valence-corrected chi connectivity index (χ2v) is 5.65. The van der Waals surface area contributed by atoms with Gasteiger partial charge in [0.15, 0.2) is 0 Å². The summed E-state index contributed by atoms with van der Waals surface area (Å²) in [5, 5.41) is 5.88. The Morgan fingerprint density at radius 1 is 1.39 bits per heavy atom. The van der Waals surface area contributed by atoms with Crippen molar-refractivity contribution in [1.29, 1.82) is 0 Å². The van der Waals surface area contributed by atoms with E-state index in [1.807, 2.05) is 11.7 Å². The van der Waals surface area contributed by atoms with Gasteiger partial charge in [0, 0.05) is 24.9 Å². The van der Waals surface area contributed by atoms with Crippen molar-refractivity contribution < 1.29 is 0 Å². The van der Waals surface area contributed by atoms with Crippen LogP contribution in [0.15, 0.2) is 24.3 Å². The molecule has 1 aromatic carbocycles. The number of hydrogen-bond donors (Lipinski definition) is 1. The van der Waals surface area contributed by atoms with Gasteiger partial charge >= 0.3 is 0 Å². The van der Waals surface area contributed by atoms with Crippen LogP contribution in [0.5, 0.6) is 0 Å². The van der Waals surface area contributed by atoms with E-state index in [0.717, 1.165) is 18.0 Å². The van der Waals surface area contributed by atoms with E-state index in [-0.39, 0.29) is 6.04 Å². The summed E-state index contributed by atoms with van der Waals surface area (Å²) in [7, 11) is 2.00. The summed E-state index contributed by atoms with van der Waals surface area (Å²) in [6.45, 7) is 2.29. The summed E-state index contributed by atoms with van der Waals surface area (Å²) in [5.41, 5.74) is 8.68. The van der Waals surface area contributed by atoms with E-state index in [2.05, 4.69) is 36.3 Å². The third-order valence-electron chi connectivity index (χ3n) is 4.30. The fourth-order valence-electron chi connectivity index (χ4n) is 2.82. The molecule has 2 N–H and O–H groups in total. The second kappa shape index (κ2) is 4.39. The lowest BCUT2D eigenvalue weighted by atomic mass is 9.93. The van der Waals surface area contributed by atoms with Crippen molar-refractivity contribution in [1.82, 2.24) is 9.78 Å². The fourth-order valence-corrected chi connectivity index (χ4v) is 2.82. The Hall–Kier alpha value is -1.35. The summed E-state index contributed by atoms with van der Waals surface area (Å²) >= 11 is 0. The lowest BCUT2D eigenvalue weighted by Crippen LogP contribution is -2.32. The molecule has 1 aliphatic rings. The van der Waals surface area contributed by atoms with Crippen molar-refractivity contribution in [3.63, 3.8) is 0 Å². The lowest BCUT2D eigenvalue weighted by molar-refractivity contribution is 0.402. The van der Waals surface area contributed by atoms with Gasteiger partial charge in [0.05, 0.1) is 11.2 Å². The molecule has 18 heavy (non-hydrogen) atoms. The number of hydrogen-bond acceptors (Lipinski definition) is 2. The molecule has 1 saturated carbocycles. The molecule has 3 nitrogen and oxygen atoms in total. The molecular weight excluding hydrogens is 222 g/mol. The molecule has 1 aromatic heterocycles. The van der Waals surface area contributed by atoms with Crippen LogP contribution in [0.1, 0.15) is 25.5 Å². The van der Waals surface area contributed by atoms with Gasteiger partial charge in [0.25, 0.3) is 0 Å². The molecule has 0 bridgehead atoms. The first-order valence-corrected chi connectivity index (χ1v) is 6.83. The lowest BCUT2D eigenvalue weighted by Gasteiger charge is -2.18.